The zero-order chi connectivity index (χ0) is 24.3. The Morgan fingerprint density at radius 2 is 1.71 bits per heavy atom. The van der Waals surface area contributed by atoms with Gasteiger partial charge in [0.15, 0.2) is 0 Å². The van der Waals surface area contributed by atoms with Crippen molar-refractivity contribution in [2.24, 2.45) is 0 Å². The maximum Gasteiger partial charge on any atom is 0.341 e. The molecule has 0 spiro atoms. The Morgan fingerprint density at radius 1 is 1.03 bits per heavy atom. The van der Waals surface area contributed by atoms with Crippen molar-refractivity contribution in [2.75, 3.05) is 45.2 Å². The number of carbonyl (C=O) groups excluding carboxylic acids is 2. The number of sulfonamides is 1. The summed E-state index contributed by atoms with van der Waals surface area (Å²) < 4.78 is 32.3. The summed E-state index contributed by atoms with van der Waals surface area (Å²) in [7, 11) is -2.19. The number of anilines is 1. The zero-order valence-corrected chi connectivity index (χ0v) is 21.3. The summed E-state index contributed by atoms with van der Waals surface area (Å²) in [5, 5.41) is 3.49. The topological polar surface area (TPSA) is 96.0 Å². The normalized spacial score (nSPS) is 17.6. The number of piperazine rings is 1. The molecule has 1 aliphatic heterocycles. The fraction of sp³-hybridized carbons (Fsp3) is 0.500. The molecule has 1 fully saturated rings. The second-order valence-electron chi connectivity index (χ2n) is 8.80. The first-order valence-corrected chi connectivity index (χ1v) is 13.9. The van der Waals surface area contributed by atoms with Crippen LogP contribution in [0.15, 0.2) is 29.2 Å². The van der Waals surface area contributed by atoms with Crippen LogP contribution < -0.4 is 5.32 Å². The molecule has 1 saturated heterocycles. The van der Waals surface area contributed by atoms with Gasteiger partial charge in [-0.3, -0.25) is 9.69 Å². The number of nitrogens with one attached hydrogen (secondary N) is 1. The maximum absolute atomic E-state index is 12.9. The number of nitrogens with zero attached hydrogens (tertiary/aromatic N) is 2. The Labute approximate surface area is 204 Å². The second-order valence-corrected chi connectivity index (χ2v) is 11.8. The Balaban J connectivity index is 1.38. The molecule has 0 saturated carbocycles. The van der Waals surface area contributed by atoms with E-state index in [2.05, 4.69) is 5.32 Å². The number of fused-ring (bicyclic) bond motifs is 1. The van der Waals surface area contributed by atoms with Crippen LogP contribution in [0.4, 0.5) is 5.00 Å². The molecule has 2 aromatic rings. The van der Waals surface area contributed by atoms with Crippen molar-refractivity contribution >= 4 is 38.2 Å². The second kappa shape index (κ2) is 10.6. The first-order chi connectivity index (χ1) is 16.3. The van der Waals surface area contributed by atoms with E-state index in [0.717, 1.165) is 48.1 Å². The van der Waals surface area contributed by atoms with Crippen LogP contribution in [0.1, 0.15) is 45.6 Å². The summed E-state index contributed by atoms with van der Waals surface area (Å²) in [5.74, 6) is -0.624. The fourth-order valence-electron chi connectivity index (χ4n) is 4.51. The maximum atomic E-state index is 12.9. The minimum atomic E-state index is -3.55. The minimum absolute atomic E-state index is 0.140. The number of esters is 1. The molecule has 34 heavy (non-hydrogen) atoms. The quantitative estimate of drug-likeness (QED) is 0.479. The van der Waals surface area contributed by atoms with Gasteiger partial charge in [0, 0.05) is 31.1 Å². The molecule has 1 N–H and O–H groups in total. The average molecular weight is 506 g/mol. The molecule has 1 aromatic carbocycles. The average Bonchev–Trinajstić information content (AvgIpc) is 2.99. The molecule has 10 heteroatoms. The number of rotatable bonds is 6. The lowest BCUT2D eigenvalue weighted by Gasteiger charge is -2.33. The highest BCUT2D eigenvalue weighted by Gasteiger charge is 2.30. The highest BCUT2D eigenvalue weighted by Crippen LogP contribution is 2.38. The summed E-state index contributed by atoms with van der Waals surface area (Å²) in [6.45, 7) is 3.63. The van der Waals surface area contributed by atoms with Gasteiger partial charge in [-0.25, -0.2) is 13.2 Å². The Bertz CT molecular complexity index is 1150. The molecule has 1 amide bonds. The van der Waals surface area contributed by atoms with Gasteiger partial charge in [-0.15, -0.1) is 11.3 Å². The number of thiophene rings is 1. The van der Waals surface area contributed by atoms with Crippen molar-refractivity contribution in [3.05, 3.63) is 45.8 Å². The third-order valence-electron chi connectivity index (χ3n) is 6.42. The smallest absolute Gasteiger partial charge is 0.341 e. The summed E-state index contributed by atoms with van der Waals surface area (Å²) in [6, 6.07) is 6.85. The van der Waals surface area contributed by atoms with E-state index in [4.69, 9.17) is 4.74 Å². The molecule has 0 atom stereocenters. The van der Waals surface area contributed by atoms with Crippen molar-refractivity contribution in [3.8, 4) is 0 Å². The standard InChI is InChI=1S/C24H31N3O5S2/c1-17-8-10-18(11-9-17)34(30,31)27-14-12-26(13-15-27)16-21(28)25-23-22(24(29)32-2)19-6-4-3-5-7-20(19)33-23/h8-11H,3-7,12-16H2,1-2H3,(H,25,28). The lowest BCUT2D eigenvalue weighted by atomic mass is 10.1. The lowest BCUT2D eigenvalue weighted by Crippen LogP contribution is -2.50. The number of carbonyl (C=O) groups is 2. The van der Waals surface area contributed by atoms with E-state index in [0.29, 0.717) is 36.7 Å². The van der Waals surface area contributed by atoms with Gasteiger partial charge in [0.25, 0.3) is 0 Å². The molecule has 1 aliphatic carbocycles. The molecule has 1 aromatic heterocycles. The van der Waals surface area contributed by atoms with E-state index < -0.39 is 16.0 Å². The van der Waals surface area contributed by atoms with Gasteiger partial charge in [-0.1, -0.05) is 24.1 Å². The zero-order valence-electron chi connectivity index (χ0n) is 19.6. The van der Waals surface area contributed by atoms with E-state index in [1.54, 1.807) is 24.3 Å². The summed E-state index contributed by atoms with van der Waals surface area (Å²) in [6.07, 6.45) is 4.98. The number of aryl methyl sites for hydroxylation is 2. The van der Waals surface area contributed by atoms with Crippen molar-refractivity contribution in [2.45, 2.75) is 43.9 Å². The monoisotopic (exact) mass is 505 g/mol. The molecule has 0 bridgehead atoms. The molecule has 2 heterocycles. The van der Waals surface area contributed by atoms with Crippen LogP contribution >= 0.6 is 11.3 Å². The van der Waals surface area contributed by atoms with Gasteiger partial charge >= 0.3 is 5.97 Å². The van der Waals surface area contributed by atoms with Crippen molar-refractivity contribution < 1.29 is 22.7 Å². The van der Waals surface area contributed by atoms with Crippen LogP contribution in [0.3, 0.4) is 0 Å². The molecule has 184 valence electrons. The summed E-state index contributed by atoms with van der Waals surface area (Å²) in [4.78, 5) is 28.7. The minimum Gasteiger partial charge on any atom is -0.465 e. The van der Waals surface area contributed by atoms with Crippen LogP contribution in [-0.2, 0) is 32.4 Å². The van der Waals surface area contributed by atoms with Crippen molar-refractivity contribution in [1.82, 2.24) is 9.21 Å². The fourth-order valence-corrected chi connectivity index (χ4v) is 7.22. The number of amides is 1. The van der Waals surface area contributed by atoms with E-state index in [1.165, 1.54) is 22.8 Å². The Hall–Kier alpha value is -2.27. The summed E-state index contributed by atoms with van der Waals surface area (Å²) in [5.41, 5.74) is 2.51. The Kier molecular flexibility index (Phi) is 7.71. The van der Waals surface area contributed by atoms with Gasteiger partial charge in [0.2, 0.25) is 15.9 Å². The lowest BCUT2D eigenvalue weighted by molar-refractivity contribution is -0.117. The van der Waals surface area contributed by atoms with Crippen molar-refractivity contribution in [3.63, 3.8) is 0 Å². The number of methoxy groups -OCH3 is 1. The van der Waals surface area contributed by atoms with E-state index in [-0.39, 0.29) is 17.3 Å². The largest absolute Gasteiger partial charge is 0.465 e. The first kappa shape index (κ1) is 24.8. The molecule has 0 radical (unpaired) electrons. The van der Waals surface area contributed by atoms with Gasteiger partial charge in [0.05, 0.1) is 24.1 Å². The third kappa shape index (κ3) is 5.35. The molecule has 4 rings (SSSR count). The predicted octanol–water partition coefficient (Wildman–Crippen LogP) is 3.06. The van der Waals surface area contributed by atoms with Crippen LogP contribution in [0.25, 0.3) is 0 Å². The van der Waals surface area contributed by atoms with Crippen LogP contribution in [0.5, 0.6) is 0 Å². The van der Waals surface area contributed by atoms with Crippen LogP contribution in [-0.4, -0.2) is 69.3 Å². The molecule has 8 nitrogen and oxygen atoms in total. The number of ether oxygens (including phenoxy) is 1. The van der Waals surface area contributed by atoms with Crippen molar-refractivity contribution in [1.29, 1.82) is 0 Å². The highest BCUT2D eigenvalue weighted by molar-refractivity contribution is 7.89. The van der Waals surface area contributed by atoms with E-state index >= 15 is 0 Å². The number of hydrogen-bond donors (Lipinski definition) is 1. The van der Waals surface area contributed by atoms with Gasteiger partial charge in [-0.2, -0.15) is 4.31 Å². The summed E-state index contributed by atoms with van der Waals surface area (Å²) >= 11 is 1.47. The number of hydrogen-bond acceptors (Lipinski definition) is 7. The molecule has 2 aliphatic rings. The molecular formula is C24H31N3O5S2. The highest BCUT2D eigenvalue weighted by atomic mass is 32.2. The van der Waals surface area contributed by atoms with E-state index in [1.807, 2.05) is 11.8 Å². The SMILES string of the molecule is COC(=O)c1c(NC(=O)CN2CCN(S(=O)(=O)c3ccc(C)cc3)CC2)sc2c1CCCCC2. The Morgan fingerprint density at radius 3 is 2.38 bits per heavy atom. The third-order valence-corrected chi connectivity index (χ3v) is 9.54. The van der Waals surface area contributed by atoms with Crippen LogP contribution in [0.2, 0.25) is 0 Å². The van der Waals surface area contributed by atoms with Gasteiger partial charge in [0.1, 0.15) is 5.00 Å². The predicted molar refractivity (Wildman–Crippen MR) is 132 cm³/mol. The van der Waals surface area contributed by atoms with E-state index in [9.17, 15) is 18.0 Å². The molecule has 0 unspecified atom stereocenters. The van der Waals surface area contributed by atoms with Gasteiger partial charge < -0.3 is 10.1 Å². The van der Waals surface area contributed by atoms with Gasteiger partial charge in [-0.05, 0) is 50.3 Å². The molecular weight excluding hydrogens is 474 g/mol. The first-order valence-electron chi connectivity index (χ1n) is 11.6. The van der Waals surface area contributed by atoms with Crippen LogP contribution in [0, 0.1) is 6.92 Å². The number of benzene rings is 1.